The number of methoxy groups -OCH3 is 3. The Hall–Kier alpha value is -2.81. The Morgan fingerprint density at radius 2 is 1.86 bits per heavy atom. The van der Waals surface area contributed by atoms with Crippen molar-refractivity contribution in [1.82, 2.24) is 9.88 Å². The van der Waals surface area contributed by atoms with Gasteiger partial charge in [0.05, 0.1) is 21.3 Å². The number of rotatable bonds is 9. The van der Waals surface area contributed by atoms with Gasteiger partial charge in [-0.05, 0) is 30.9 Å². The van der Waals surface area contributed by atoms with Gasteiger partial charge in [-0.15, -0.1) is 11.3 Å². The molecule has 0 saturated heterocycles. The fourth-order valence-corrected chi connectivity index (χ4v) is 3.38. The molecule has 28 heavy (non-hydrogen) atoms. The van der Waals surface area contributed by atoms with E-state index in [0.29, 0.717) is 40.4 Å². The molecule has 0 aliphatic heterocycles. The molecule has 0 atom stereocenters. The molecule has 9 heteroatoms. The minimum atomic E-state index is -0.281. The SMILES string of the molecule is COc1cc(C(=O)N(CC(=O)Nc2nccs2)CC2CC2)cc(OC)c1OC. The lowest BCUT2D eigenvalue weighted by molar-refractivity contribution is -0.116. The van der Waals surface area contributed by atoms with Gasteiger partial charge >= 0.3 is 0 Å². The molecule has 0 unspecified atom stereocenters. The smallest absolute Gasteiger partial charge is 0.254 e. The van der Waals surface area contributed by atoms with Gasteiger partial charge in [-0.1, -0.05) is 0 Å². The molecule has 3 rings (SSSR count). The van der Waals surface area contributed by atoms with E-state index >= 15 is 0 Å². The normalized spacial score (nSPS) is 13.0. The highest BCUT2D eigenvalue weighted by atomic mass is 32.1. The first-order chi connectivity index (χ1) is 13.5. The highest BCUT2D eigenvalue weighted by Crippen LogP contribution is 2.39. The molecule has 1 aliphatic carbocycles. The number of nitrogens with zero attached hydrogens (tertiary/aromatic N) is 2. The summed E-state index contributed by atoms with van der Waals surface area (Å²) in [5.41, 5.74) is 0.372. The molecule has 1 saturated carbocycles. The van der Waals surface area contributed by atoms with Gasteiger partial charge in [-0.3, -0.25) is 9.59 Å². The van der Waals surface area contributed by atoms with E-state index in [1.165, 1.54) is 32.7 Å². The lowest BCUT2D eigenvalue weighted by Gasteiger charge is -2.23. The second-order valence-corrected chi connectivity index (χ2v) is 7.32. The molecule has 0 spiro atoms. The van der Waals surface area contributed by atoms with Gasteiger partial charge in [0, 0.05) is 23.7 Å². The quantitative estimate of drug-likeness (QED) is 0.690. The van der Waals surface area contributed by atoms with Crippen LogP contribution >= 0.6 is 11.3 Å². The number of thiazole rings is 1. The third kappa shape index (κ3) is 4.72. The van der Waals surface area contributed by atoms with E-state index in [4.69, 9.17) is 14.2 Å². The lowest BCUT2D eigenvalue weighted by atomic mass is 10.1. The van der Waals surface area contributed by atoms with Crippen molar-refractivity contribution in [3.63, 3.8) is 0 Å². The number of nitrogens with one attached hydrogen (secondary N) is 1. The van der Waals surface area contributed by atoms with Crippen LogP contribution in [0.15, 0.2) is 23.7 Å². The highest BCUT2D eigenvalue weighted by molar-refractivity contribution is 7.13. The molecule has 1 N–H and O–H groups in total. The molecule has 1 aromatic carbocycles. The number of carbonyl (C=O) groups excluding carboxylic acids is 2. The Labute approximate surface area is 167 Å². The second-order valence-electron chi connectivity index (χ2n) is 6.43. The van der Waals surface area contributed by atoms with Crippen molar-refractivity contribution in [1.29, 1.82) is 0 Å². The summed E-state index contributed by atoms with van der Waals surface area (Å²) in [4.78, 5) is 31.2. The first-order valence-corrected chi connectivity index (χ1v) is 9.72. The molecular weight excluding hydrogens is 382 g/mol. The van der Waals surface area contributed by atoms with Crippen LogP contribution in [-0.4, -0.2) is 56.1 Å². The number of carbonyl (C=O) groups is 2. The van der Waals surface area contributed by atoms with Gasteiger partial charge in [-0.25, -0.2) is 4.98 Å². The molecule has 1 aromatic heterocycles. The van der Waals surface area contributed by atoms with Gasteiger partial charge in [-0.2, -0.15) is 0 Å². The number of benzene rings is 1. The van der Waals surface area contributed by atoms with Crippen LogP contribution < -0.4 is 19.5 Å². The van der Waals surface area contributed by atoms with E-state index in [0.717, 1.165) is 12.8 Å². The average molecular weight is 405 g/mol. The third-order valence-corrected chi connectivity index (χ3v) is 5.08. The van der Waals surface area contributed by atoms with Gasteiger partial charge in [0.2, 0.25) is 11.7 Å². The molecule has 2 aromatic rings. The maximum atomic E-state index is 13.2. The summed E-state index contributed by atoms with van der Waals surface area (Å²) in [6.07, 6.45) is 3.74. The number of ether oxygens (including phenoxy) is 3. The molecule has 1 heterocycles. The standard InChI is InChI=1S/C19H23N3O5S/c1-25-14-8-13(9-15(26-2)17(14)27-3)18(24)22(10-12-4-5-12)11-16(23)21-19-20-6-7-28-19/h6-9,12H,4-5,10-11H2,1-3H3,(H,20,21,23). The monoisotopic (exact) mass is 405 g/mol. The minimum Gasteiger partial charge on any atom is -0.493 e. The van der Waals surface area contributed by atoms with E-state index < -0.39 is 0 Å². The van der Waals surface area contributed by atoms with Crippen molar-refractivity contribution in [2.24, 2.45) is 5.92 Å². The van der Waals surface area contributed by atoms with Crippen LogP contribution in [0.4, 0.5) is 5.13 Å². The molecular formula is C19H23N3O5S. The number of aromatic nitrogens is 1. The van der Waals surface area contributed by atoms with Crippen LogP contribution in [0.25, 0.3) is 0 Å². The maximum Gasteiger partial charge on any atom is 0.254 e. The van der Waals surface area contributed by atoms with E-state index in [1.807, 2.05) is 0 Å². The zero-order valence-corrected chi connectivity index (χ0v) is 16.9. The van der Waals surface area contributed by atoms with Crippen molar-refractivity contribution in [2.75, 3.05) is 39.7 Å². The summed E-state index contributed by atoms with van der Waals surface area (Å²) >= 11 is 1.33. The van der Waals surface area contributed by atoms with E-state index in [-0.39, 0.29) is 18.4 Å². The second kappa shape index (κ2) is 8.92. The Bertz CT molecular complexity index is 811. The maximum absolute atomic E-state index is 13.2. The van der Waals surface area contributed by atoms with Crippen LogP contribution in [0.5, 0.6) is 17.2 Å². The summed E-state index contributed by atoms with van der Waals surface area (Å²) in [7, 11) is 4.49. The summed E-state index contributed by atoms with van der Waals surface area (Å²) in [5.74, 6) is 1.08. The van der Waals surface area contributed by atoms with Crippen LogP contribution in [0.1, 0.15) is 23.2 Å². The number of hydrogen-bond donors (Lipinski definition) is 1. The summed E-state index contributed by atoms with van der Waals surface area (Å²) < 4.78 is 16.0. The summed E-state index contributed by atoms with van der Waals surface area (Å²) in [5, 5.41) is 5.01. The Kier molecular flexibility index (Phi) is 6.35. The third-order valence-electron chi connectivity index (χ3n) is 4.39. The summed E-state index contributed by atoms with van der Waals surface area (Å²) in [6.45, 7) is 0.479. The van der Waals surface area contributed by atoms with Gasteiger partial charge < -0.3 is 24.4 Å². The molecule has 1 fully saturated rings. The fraction of sp³-hybridized carbons (Fsp3) is 0.421. The minimum absolute atomic E-state index is 0.0500. The van der Waals surface area contributed by atoms with Crippen molar-refractivity contribution in [3.05, 3.63) is 29.3 Å². The van der Waals surface area contributed by atoms with E-state index in [2.05, 4.69) is 10.3 Å². The first-order valence-electron chi connectivity index (χ1n) is 8.84. The number of anilines is 1. The first kappa shape index (κ1) is 19.9. The van der Waals surface area contributed by atoms with E-state index in [9.17, 15) is 9.59 Å². The number of hydrogen-bond acceptors (Lipinski definition) is 7. The molecule has 150 valence electrons. The fourth-order valence-electron chi connectivity index (χ4n) is 2.84. The number of amides is 2. The largest absolute Gasteiger partial charge is 0.493 e. The molecule has 2 amide bonds. The highest BCUT2D eigenvalue weighted by Gasteiger charge is 2.29. The molecule has 8 nitrogen and oxygen atoms in total. The van der Waals surface area contributed by atoms with Gasteiger partial charge in [0.15, 0.2) is 16.6 Å². The Balaban J connectivity index is 1.81. The molecule has 0 radical (unpaired) electrons. The van der Waals surface area contributed by atoms with Crippen LogP contribution in [0.3, 0.4) is 0 Å². The zero-order valence-electron chi connectivity index (χ0n) is 16.1. The lowest BCUT2D eigenvalue weighted by Crippen LogP contribution is -2.39. The Morgan fingerprint density at radius 1 is 1.18 bits per heavy atom. The molecule has 0 bridgehead atoms. The van der Waals surface area contributed by atoms with Crippen molar-refractivity contribution in [2.45, 2.75) is 12.8 Å². The van der Waals surface area contributed by atoms with Gasteiger partial charge in [0.25, 0.3) is 5.91 Å². The summed E-state index contributed by atoms with van der Waals surface area (Å²) in [6, 6.07) is 3.20. The Morgan fingerprint density at radius 3 is 2.36 bits per heavy atom. The van der Waals surface area contributed by atoms with Crippen LogP contribution in [0, 0.1) is 5.92 Å². The average Bonchev–Trinajstić information content (AvgIpc) is 3.38. The van der Waals surface area contributed by atoms with Gasteiger partial charge in [0.1, 0.15) is 6.54 Å². The van der Waals surface area contributed by atoms with Crippen LogP contribution in [-0.2, 0) is 4.79 Å². The van der Waals surface area contributed by atoms with Crippen LogP contribution in [0.2, 0.25) is 0 Å². The predicted octanol–water partition coefficient (Wildman–Crippen LogP) is 2.66. The van der Waals surface area contributed by atoms with Crippen molar-refractivity contribution < 1.29 is 23.8 Å². The predicted molar refractivity (Wildman–Crippen MR) is 105 cm³/mol. The zero-order chi connectivity index (χ0) is 20.1. The molecule has 1 aliphatic rings. The van der Waals surface area contributed by atoms with Crippen molar-refractivity contribution >= 4 is 28.3 Å². The van der Waals surface area contributed by atoms with Crippen molar-refractivity contribution in [3.8, 4) is 17.2 Å². The van der Waals surface area contributed by atoms with E-state index in [1.54, 1.807) is 28.6 Å². The topological polar surface area (TPSA) is 90.0 Å².